The molecule has 33 heavy (non-hydrogen) atoms. The summed E-state index contributed by atoms with van der Waals surface area (Å²) in [4.78, 5) is 38.5. The predicted octanol–water partition coefficient (Wildman–Crippen LogP) is 1.48. The van der Waals surface area contributed by atoms with Gasteiger partial charge in [-0.2, -0.15) is 0 Å². The Morgan fingerprint density at radius 3 is 2.61 bits per heavy atom. The summed E-state index contributed by atoms with van der Waals surface area (Å²) in [5.74, 6) is 0.894. The Morgan fingerprint density at radius 1 is 1.15 bits per heavy atom. The zero-order valence-electron chi connectivity index (χ0n) is 18.8. The van der Waals surface area contributed by atoms with Crippen LogP contribution in [0.4, 0.5) is 10.7 Å². The number of rotatable bonds is 7. The van der Waals surface area contributed by atoms with Crippen LogP contribution in [0.2, 0.25) is 0 Å². The molecule has 1 aromatic heterocycles. The van der Waals surface area contributed by atoms with Crippen LogP contribution in [-0.2, 0) is 9.53 Å². The van der Waals surface area contributed by atoms with E-state index in [0.29, 0.717) is 29.5 Å². The molecule has 0 bridgehead atoms. The van der Waals surface area contributed by atoms with Gasteiger partial charge in [0.05, 0.1) is 25.3 Å². The number of urea groups is 1. The second-order valence-electron chi connectivity index (χ2n) is 7.73. The average Bonchev–Trinajstić information content (AvgIpc) is 2.85. The normalized spacial score (nSPS) is 19.0. The van der Waals surface area contributed by atoms with E-state index >= 15 is 0 Å². The molecule has 3 heterocycles. The molecule has 0 saturated carbocycles. The van der Waals surface area contributed by atoms with Crippen molar-refractivity contribution in [2.45, 2.75) is 13.0 Å². The quantitative estimate of drug-likeness (QED) is 0.608. The highest BCUT2D eigenvalue weighted by atomic mass is 16.5. The van der Waals surface area contributed by atoms with E-state index in [0.717, 1.165) is 31.7 Å². The molecule has 1 aromatic carbocycles. The summed E-state index contributed by atoms with van der Waals surface area (Å²) < 4.78 is 10.7. The van der Waals surface area contributed by atoms with Crippen molar-refractivity contribution in [3.05, 3.63) is 59.6 Å². The first-order chi connectivity index (χ1) is 16.1. The fraction of sp³-hybridized carbons (Fsp3) is 0.391. The molecule has 0 radical (unpaired) electrons. The third kappa shape index (κ3) is 5.23. The first kappa shape index (κ1) is 22.5. The summed E-state index contributed by atoms with van der Waals surface area (Å²) in [5, 5.41) is 5.70. The third-order valence-electron chi connectivity index (χ3n) is 5.67. The largest absolute Gasteiger partial charge is 0.497 e. The molecule has 1 atom stereocenters. The van der Waals surface area contributed by atoms with Crippen LogP contribution >= 0.6 is 0 Å². The Labute approximate surface area is 192 Å². The number of benzene rings is 1. The Morgan fingerprint density at radius 2 is 1.91 bits per heavy atom. The first-order valence-corrected chi connectivity index (χ1v) is 10.9. The summed E-state index contributed by atoms with van der Waals surface area (Å²) in [6.45, 7) is 5.40. The number of hydrogen-bond donors (Lipinski definition) is 2. The highest BCUT2D eigenvalue weighted by molar-refractivity contribution is 5.95. The SMILES string of the molecule is CCOC(=O)C1=C(CN2CCN(c3ncccn3)CC2)NC(=O)N[C@H]1c1cccc(OC)c1. The van der Waals surface area contributed by atoms with Crippen LogP contribution in [0.1, 0.15) is 18.5 Å². The van der Waals surface area contributed by atoms with Gasteiger partial charge in [0.2, 0.25) is 5.95 Å². The van der Waals surface area contributed by atoms with Crippen molar-refractivity contribution in [1.29, 1.82) is 0 Å². The van der Waals surface area contributed by atoms with Crippen LogP contribution in [0, 0.1) is 0 Å². The molecule has 2 amide bonds. The van der Waals surface area contributed by atoms with Gasteiger partial charge in [-0.05, 0) is 30.7 Å². The minimum absolute atomic E-state index is 0.240. The van der Waals surface area contributed by atoms with E-state index in [2.05, 4.69) is 30.4 Å². The summed E-state index contributed by atoms with van der Waals surface area (Å²) in [5.41, 5.74) is 1.70. The third-order valence-corrected chi connectivity index (χ3v) is 5.67. The molecule has 2 N–H and O–H groups in total. The number of aromatic nitrogens is 2. The number of nitrogens with zero attached hydrogens (tertiary/aromatic N) is 4. The standard InChI is InChI=1S/C23H28N6O4/c1-3-33-21(30)19-18(15-28-10-12-29(13-11-28)22-24-8-5-9-25-22)26-23(31)27-20(19)16-6-4-7-17(14-16)32-2/h4-9,14,20H,3,10-13,15H2,1-2H3,(H2,26,27,31)/t20-/m0/s1. The maximum absolute atomic E-state index is 13.0. The van der Waals surface area contributed by atoms with Crippen LogP contribution in [0.5, 0.6) is 5.75 Å². The van der Waals surface area contributed by atoms with Crippen LogP contribution in [-0.4, -0.2) is 73.3 Å². The lowest BCUT2D eigenvalue weighted by Crippen LogP contribution is -2.52. The molecule has 10 heteroatoms. The lowest BCUT2D eigenvalue weighted by molar-refractivity contribution is -0.139. The van der Waals surface area contributed by atoms with Gasteiger partial charge in [0.15, 0.2) is 0 Å². The van der Waals surface area contributed by atoms with Gasteiger partial charge in [-0.3, -0.25) is 4.90 Å². The fourth-order valence-electron chi connectivity index (χ4n) is 4.05. The maximum Gasteiger partial charge on any atom is 0.338 e. The fourth-order valence-corrected chi connectivity index (χ4v) is 4.05. The van der Waals surface area contributed by atoms with Crippen LogP contribution in [0.25, 0.3) is 0 Å². The van der Waals surface area contributed by atoms with Gasteiger partial charge in [-0.25, -0.2) is 19.6 Å². The monoisotopic (exact) mass is 452 g/mol. The topological polar surface area (TPSA) is 109 Å². The van der Waals surface area contributed by atoms with Gasteiger partial charge in [0, 0.05) is 50.8 Å². The zero-order valence-corrected chi connectivity index (χ0v) is 18.8. The van der Waals surface area contributed by atoms with Gasteiger partial charge in [0.1, 0.15) is 5.75 Å². The van der Waals surface area contributed by atoms with E-state index in [1.807, 2.05) is 24.3 Å². The molecule has 2 aromatic rings. The Kier molecular flexibility index (Phi) is 7.04. The zero-order chi connectivity index (χ0) is 23.2. The number of esters is 1. The van der Waals surface area contributed by atoms with E-state index in [1.54, 1.807) is 32.5 Å². The van der Waals surface area contributed by atoms with E-state index in [-0.39, 0.29) is 12.6 Å². The number of methoxy groups -OCH3 is 1. The van der Waals surface area contributed by atoms with Crippen LogP contribution in [0.3, 0.4) is 0 Å². The summed E-state index contributed by atoms with van der Waals surface area (Å²) >= 11 is 0. The highest BCUT2D eigenvalue weighted by Gasteiger charge is 2.35. The molecule has 174 valence electrons. The minimum atomic E-state index is -0.637. The molecule has 4 rings (SSSR count). The molecule has 0 unspecified atom stereocenters. The summed E-state index contributed by atoms with van der Waals surface area (Å²) in [6.07, 6.45) is 3.46. The Hall–Kier alpha value is -3.66. The number of carbonyl (C=O) groups is 2. The maximum atomic E-state index is 13.0. The van der Waals surface area contributed by atoms with Crippen molar-refractivity contribution < 1.29 is 19.1 Å². The van der Waals surface area contributed by atoms with Gasteiger partial charge in [0.25, 0.3) is 0 Å². The predicted molar refractivity (Wildman–Crippen MR) is 122 cm³/mol. The van der Waals surface area contributed by atoms with Crippen molar-refractivity contribution in [3.8, 4) is 5.75 Å². The first-order valence-electron chi connectivity index (χ1n) is 10.9. The number of ether oxygens (including phenoxy) is 2. The number of carbonyl (C=O) groups excluding carboxylic acids is 2. The lowest BCUT2D eigenvalue weighted by Gasteiger charge is -2.37. The Bertz CT molecular complexity index is 1020. The van der Waals surface area contributed by atoms with Crippen molar-refractivity contribution in [1.82, 2.24) is 25.5 Å². The molecule has 2 aliphatic heterocycles. The second-order valence-corrected chi connectivity index (χ2v) is 7.73. The molecule has 2 aliphatic rings. The van der Waals surface area contributed by atoms with Gasteiger partial charge < -0.3 is 25.0 Å². The van der Waals surface area contributed by atoms with E-state index in [1.165, 1.54) is 0 Å². The van der Waals surface area contributed by atoms with E-state index in [4.69, 9.17) is 9.47 Å². The lowest BCUT2D eigenvalue weighted by atomic mass is 9.94. The van der Waals surface area contributed by atoms with Gasteiger partial charge >= 0.3 is 12.0 Å². The average molecular weight is 453 g/mol. The van der Waals surface area contributed by atoms with Gasteiger partial charge in [-0.1, -0.05) is 12.1 Å². The number of piperazine rings is 1. The highest BCUT2D eigenvalue weighted by Crippen LogP contribution is 2.30. The molecular weight excluding hydrogens is 424 g/mol. The summed E-state index contributed by atoms with van der Waals surface area (Å²) in [7, 11) is 1.58. The van der Waals surface area contributed by atoms with Crippen molar-refractivity contribution in [2.75, 3.05) is 51.3 Å². The molecule has 10 nitrogen and oxygen atoms in total. The number of nitrogens with one attached hydrogen (secondary N) is 2. The molecule has 0 spiro atoms. The second kappa shape index (κ2) is 10.3. The van der Waals surface area contributed by atoms with Crippen LogP contribution < -0.4 is 20.3 Å². The minimum Gasteiger partial charge on any atom is -0.497 e. The summed E-state index contributed by atoms with van der Waals surface area (Å²) in [6, 6.07) is 8.11. The number of anilines is 1. The Balaban J connectivity index is 1.57. The molecule has 1 saturated heterocycles. The smallest absolute Gasteiger partial charge is 0.338 e. The van der Waals surface area contributed by atoms with Crippen LogP contribution in [0.15, 0.2) is 54.0 Å². The van der Waals surface area contributed by atoms with E-state index in [9.17, 15) is 9.59 Å². The van der Waals surface area contributed by atoms with Gasteiger partial charge in [-0.15, -0.1) is 0 Å². The molecular formula is C23H28N6O4. The number of amides is 2. The van der Waals surface area contributed by atoms with Crippen molar-refractivity contribution in [3.63, 3.8) is 0 Å². The molecule has 1 fully saturated rings. The van der Waals surface area contributed by atoms with E-state index < -0.39 is 12.0 Å². The van der Waals surface area contributed by atoms with Crippen molar-refractivity contribution in [2.24, 2.45) is 0 Å². The number of hydrogen-bond acceptors (Lipinski definition) is 8. The molecule has 0 aliphatic carbocycles. The van der Waals surface area contributed by atoms with Crippen molar-refractivity contribution >= 4 is 17.9 Å².